The summed E-state index contributed by atoms with van der Waals surface area (Å²) in [5.74, 6) is -0.128. The van der Waals surface area contributed by atoms with Crippen molar-refractivity contribution in [2.75, 3.05) is 13.1 Å². The van der Waals surface area contributed by atoms with Crippen molar-refractivity contribution in [2.24, 2.45) is 5.92 Å². The van der Waals surface area contributed by atoms with E-state index in [0.29, 0.717) is 50.2 Å². The van der Waals surface area contributed by atoms with Crippen molar-refractivity contribution in [1.29, 1.82) is 0 Å². The number of piperidine rings is 1. The lowest BCUT2D eigenvalue weighted by Crippen LogP contribution is -2.41. The third-order valence-electron chi connectivity index (χ3n) is 4.48. The highest BCUT2D eigenvalue weighted by atomic mass is 19.1. The lowest BCUT2D eigenvalue weighted by molar-refractivity contribution is -0.126. The first-order valence-electron chi connectivity index (χ1n) is 8.14. The van der Waals surface area contributed by atoms with E-state index in [0.717, 1.165) is 0 Å². The number of Topliss-reactive ketones (excluding diaryl/α,β-unsaturated/α-hetero) is 1. The van der Waals surface area contributed by atoms with Crippen LogP contribution in [0.3, 0.4) is 0 Å². The van der Waals surface area contributed by atoms with Gasteiger partial charge in [-0.1, -0.05) is 18.2 Å². The van der Waals surface area contributed by atoms with Crippen LogP contribution >= 0.6 is 0 Å². The lowest BCUT2D eigenvalue weighted by Gasteiger charge is -2.31. The molecular weight excluding hydrogens is 309 g/mol. The zero-order valence-electron chi connectivity index (χ0n) is 13.4. The fourth-order valence-corrected chi connectivity index (χ4v) is 3.11. The minimum atomic E-state index is -0.224. The lowest BCUT2D eigenvalue weighted by atomic mass is 9.90. The Morgan fingerprint density at radius 3 is 2.92 bits per heavy atom. The molecule has 0 saturated carbocycles. The maximum Gasteiger partial charge on any atom is 0.270 e. The smallest absolute Gasteiger partial charge is 0.270 e. The highest BCUT2D eigenvalue weighted by molar-refractivity contribution is 5.82. The Balaban J connectivity index is 1.61. The van der Waals surface area contributed by atoms with Gasteiger partial charge in [0.2, 0.25) is 0 Å². The van der Waals surface area contributed by atoms with Crippen LogP contribution in [0.1, 0.15) is 24.1 Å². The first-order valence-corrected chi connectivity index (χ1v) is 8.14. The third-order valence-corrected chi connectivity index (χ3v) is 4.48. The Labute approximate surface area is 139 Å². The van der Waals surface area contributed by atoms with Gasteiger partial charge in [0.1, 0.15) is 17.3 Å². The van der Waals surface area contributed by atoms with Crippen molar-refractivity contribution in [3.63, 3.8) is 0 Å². The monoisotopic (exact) mass is 329 g/mol. The molecule has 1 saturated heterocycles. The Morgan fingerprint density at radius 2 is 2.12 bits per heavy atom. The van der Waals surface area contributed by atoms with E-state index in [9.17, 15) is 14.0 Å². The number of aromatic nitrogens is 2. The average Bonchev–Trinajstić information content (AvgIpc) is 2.58. The molecule has 0 spiro atoms. The molecule has 0 radical (unpaired) electrons. The van der Waals surface area contributed by atoms with Crippen LogP contribution < -0.4 is 5.56 Å². The molecule has 0 aliphatic carbocycles. The summed E-state index contributed by atoms with van der Waals surface area (Å²) >= 11 is 0. The number of carbonyl (C=O) groups is 1. The Bertz CT molecular complexity index is 775. The third kappa shape index (κ3) is 3.94. The number of H-pyrrole nitrogens is 1. The molecule has 126 valence electrons. The maximum atomic E-state index is 13.7. The molecule has 1 aromatic carbocycles. The van der Waals surface area contributed by atoms with E-state index in [-0.39, 0.29) is 23.1 Å². The molecule has 0 bridgehead atoms. The first kappa shape index (κ1) is 16.5. The SMILES string of the molecule is O=C1CCN(Cc2ncc[nH]c2=O)CC1CCc1ccccc1F. The zero-order chi connectivity index (χ0) is 16.9. The summed E-state index contributed by atoms with van der Waals surface area (Å²) in [6, 6.07) is 6.67. The molecule has 1 aliphatic heterocycles. The van der Waals surface area contributed by atoms with Crippen LogP contribution in [0.4, 0.5) is 4.39 Å². The molecule has 6 heteroatoms. The molecule has 1 aliphatic rings. The van der Waals surface area contributed by atoms with E-state index in [4.69, 9.17) is 0 Å². The summed E-state index contributed by atoms with van der Waals surface area (Å²) in [6.45, 7) is 1.65. The van der Waals surface area contributed by atoms with Crippen molar-refractivity contribution in [2.45, 2.75) is 25.8 Å². The molecule has 1 aromatic heterocycles. The van der Waals surface area contributed by atoms with Crippen LogP contribution in [0.2, 0.25) is 0 Å². The minimum absolute atomic E-state index is 0.124. The summed E-state index contributed by atoms with van der Waals surface area (Å²) in [6.07, 6.45) is 4.69. The Morgan fingerprint density at radius 1 is 1.29 bits per heavy atom. The summed E-state index contributed by atoms with van der Waals surface area (Å²) in [7, 11) is 0. The van der Waals surface area contributed by atoms with Crippen LogP contribution in [0, 0.1) is 11.7 Å². The zero-order valence-corrected chi connectivity index (χ0v) is 13.4. The summed E-state index contributed by atoms with van der Waals surface area (Å²) in [5, 5.41) is 0. The molecule has 0 amide bonds. The number of halogens is 1. The van der Waals surface area contributed by atoms with Gasteiger partial charge >= 0.3 is 0 Å². The molecule has 1 fully saturated rings. The second-order valence-electron chi connectivity index (χ2n) is 6.14. The molecule has 1 atom stereocenters. The van der Waals surface area contributed by atoms with Gasteiger partial charge in [0.25, 0.3) is 5.56 Å². The first-order chi connectivity index (χ1) is 11.6. The van der Waals surface area contributed by atoms with E-state index in [1.54, 1.807) is 24.4 Å². The summed E-state index contributed by atoms with van der Waals surface area (Å²) < 4.78 is 13.7. The molecule has 5 nitrogen and oxygen atoms in total. The van der Waals surface area contributed by atoms with E-state index in [1.165, 1.54) is 12.3 Å². The number of aromatic amines is 1. The molecule has 3 rings (SSSR count). The summed E-state index contributed by atoms with van der Waals surface area (Å²) in [5.41, 5.74) is 0.903. The van der Waals surface area contributed by atoms with Crippen molar-refractivity contribution < 1.29 is 9.18 Å². The van der Waals surface area contributed by atoms with Crippen LogP contribution in [-0.4, -0.2) is 33.7 Å². The number of nitrogens with zero attached hydrogens (tertiary/aromatic N) is 2. The van der Waals surface area contributed by atoms with Gasteiger partial charge in [0, 0.05) is 44.4 Å². The van der Waals surface area contributed by atoms with Crippen LogP contribution in [-0.2, 0) is 17.8 Å². The van der Waals surface area contributed by atoms with E-state index < -0.39 is 0 Å². The topological polar surface area (TPSA) is 66.1 Å². The van der Waals surface area contributed by atoms with Gasteiger partial charge in [-0.05, 0) is 24.5 Å². The second kappa shape index (κ2) is 7.49. The van der Waals surface area contributed by atoms with Crippen LogP contribution in [0.25, 0.3) is 0 Å². The number of hydrogen-bond donors (Lipinski definition) is 1. The van der Waals surface area contributed by atoms with Gasteiger partial charge in [0.15, 0.2) is 0 Å². The number of hydrogen-bond acceptors (Lipinski definition) is 4. The maximum absolute atomic E-state index is 13.7. The fourth-order valence-electron chi connectivity index (χ4n) is 3.11. The number of likely N-dealkylation sites (tertiary alicyclic amines) is 1. The van der Waals surface area contributed by atoms with Crippen molar-refractivity contribution in [3.8, 4) is 0 Å². The minimum Gasteiger partial charge on any atom is -0.326 e. The number of benzene rings is 1. The van der Waals surface area contributed by atoms with E-state index in [2.05, 4.69) is 14.9 Å². The largest absolute Gasteiger partial charge is 0.326 e. The van der Waals surface area contributed by atoms with E-state index >= 15 is 0 Å². The van der Waals surface area contributed by atoms with Crippen LogP contribution in [0.15, 0.2) is 41.5 Å². The highest BCUT2D eigenvalue weighted by Gasteiger charge is 2.27. The quantitative estimate of drug-likeness (QED) is 0.910. The molecule has 2 aromatic rings. The molecule has 1 unspecified atom stereocenters. The van der Waals surface area contributed by atoms with Gasteiger partial charge in [-0.2, -0.15) is 0 Å². The molecule has 2 heterocycles. The summed E-state index contributed by atoms with van der Waals surface area (Å²) in [4.78, 5) is 32.7. The Kier molecular flexibility index (Phi) is 5.15. The number of rotatable bonds is 5. The van der Waals surface area contributed by atoms with Gasteiger partial charge in [0.05, 0.1) is 0 Å². The number of nitrogens with one attached hydrogen (secondary N) is 1. The fraction of sp³-hybridized carbons (Fsp3) is 0.389. The normalized spacial score (nSPS) is 18.7. The van der Waals surface area contributed by atoms with Gasteiger partial charge in [-0.25, -0.2) is 4.39 Å². The van der Waals surface area contributed by atoms with Gasteiger partial charge < -0.3 is 4.98 Å². The predicted molar refractivity (Wildman–Crippen MR) is 88.0 cm³/mol. The van der Waals surface area contributed by atoms with Gasteiger partial charge in [-0.15, -0.1) is 0 Å². The standard InChI is InChI=1S/C18H20FN3O2/c19-15-4-2-1-3-13(15)5-6-14-11-22(10-7-17(14)23)12-16-18(24)21-9-8-20-16/h1-4,8-9,14H,5-7,10-12H2,(H,21,24). The van der Waals surface area contributed by atoms with Crippen LogP contribution in [0.5, 0.6) is 0 Å². The van der Waals surface area contributed by atoms with E-state index in [1.807, 2.05) is 0 Å². The number of aryl methyl sites for hydroxylation is 1. The second-order valence-corrected chi connectivity index (χ2v) is 6.14. The van der Waals surface area contributed by atoms with Crippen molar-refractivity contribution in [1.82, 2.24) is 14.9 Å². The Hall–Kier alpha value is -2.34. The predicted octanol–water partition coefficient (Wildman–Crippen LogP) is 1.93. The van der Waals surface area contributed by atoms with Gasteiger partial charge in [-0.3, -0.25) is 19.5 Å². The van der Waals surface area contributed by atoms with Crippen molar-refractivity contribution in [3.05, 3.63) is 64.1 Å². The average molecular weight is 329 g/mol. The molecule has 24 heavy (non-hydrogen) atoms. The number of ketones is 1. The molecular formula is C18H20FN3O2. The highest BCUT2D eigenvalue weighted by Crippen LogP contribution is 2.20. The van der Waals surface area contributed by atoms with Crippen molar-refractivity contribution >= 4 is 5.78 Å². The molecule has 1 N–H and O–H groups in total. The number of carbonyl (C=O) groups excluding carboxylic acids is 1.